The van der Waals surface area contributed by atoms with E-state index in [0.717, 1.165) is 6.07 Å². The Morgan fingerprint density at radius 3 is 2.48 bits per heavy atom. The number of hydrogen-bond donors (Lipinski definition) is 1. The number of nitrogens with zero attached hydrogens (tertiary/aromatic N) is 2. The molecule has 0 spiro atoms. The normalized spacial score (nSPS) is 13.5. The monoisotopic (exact) mass is 353 g/mol. The molecule has 25 heavy (non-hydrogen) atoms. The molecule has 1 amide bonds. The Morgan fingerprint density at radius 2 is 1.92 bits per heavy atom. The number of imidazole rings is 1. The van der Waals surface area contributed by atoms with Crippen molar-refractivity contribution in [2.24, 2.45) is 5.41 Å². The summed E-state index contributed by atoms with van der Waals surface area (Å²) in [5, 5.41) is 2.87. The summed E-state index contributed by atoms with van der Waals surface area (Å²) in [7, 11) is 0. The molecule has 2 rings (SSSR count). The molecule has 0 aliphatic heterocycles. The third-order valence-electron chi connectivity index (χ3n) is 4.01. The van der Waals surface area contributed by atoms with Gasteiger partial charge in [-0.25, -0.2) is 4.98 Å². The number of hydrogen-bond acceptors (Lipinski definition) is 2. The van der Waals surface area contributed by atoms with E-state index in [1.54, 1.807) is 18.7 Å². The number of aromatic nitrogens is 2. The zero-order valence-electron chi connectivity index (χ0n) is 14.5. The standard InChI is InChI=1S/C18H22F3N3O/c1-17(2,3)15(11-24-9-8-22-12-24)23-16(25)10-13-6-4-5-7-14(13)18(19,20)21/h4-9,12,15H,10-11H2,1-3H3,(H,23,25). The second-order valence-electron chi connectivity index (χ2n) is 7.08. The van der Waals surface area contributed by atoms with Crippen molar-refractivity contribution in [3.63, 3.8) is 0 Å². The molecule has 136 valence electrons. The van der Waals surface area contributed by atoms with Gasteiger partial charge in [0.1, 0.15) is 0 Å². The Balaban J connectivity index is 2.12. The number of nitrogens with one attached hydrogen (secondary N) is 1. The predicted molar refractivity (Wildman–Crippen MR) is 88.8 cm³/mol. The fourth-order valence-corrected chi connectivity index (χ4v) is 2.51. The molecule has 1 atom stereocenters. The van der Waals surface area contributed by atoms with Crippen molar-refractivity contribution < 1.29 is 18.0 Å². The number of carbonyl (C=O) groups is 1. The smallest absolute Gasteiger partial charge is 0.351 e. The van der Waals surface area contributed by atoms with Gasteiger partial charge < -0.3 is 9.88 Å². The van der Waals surface area contributed by atoms with E-state index in [-0.39, 0.29) is 23.4 Å². The fraction of sp³-hybridized carbons (Fsp3) is 0.444. The zero-order chi connectivity index (χ0) is 18.7. The summed E-state index contributed by atoms with van der Waals surface area (Å²) < 4.78 is 41.0. The Kier molecular flexibility index (Phi) is 5.55. The summed E-state index contributed by atoms with van der Waals surface area (Å²) in [6, 6.07) is 4.91. The minimum absolute atomic E-state index is 0.0252. The Labute approximate surface area is 145 Å². The van der Waals surface area contributed by atoms with Gasteiger partial charge in [0.05, 0.1) is 24.4 Å². The predicted octanol–water partition coefficient (Wildman–Crippen LogP) is 3.68. The lowest BCUT2D eigenvalue weighted by Crippen LogP contribution is -2.46. The molecule has 4 nitrogen and oxygen atoms in total. The summed E-state index contributed by atoms with van der Waals surface area (Å²) in [6.07, 6.45) is 0.276. The van der Waals surface area contributed by atoms with Crippen LogP contribution in [-0.4, -0.2) is 21.5 Å². The van der Waals surface area contributed by atoms with Crippen molar-refractivity contribution in [2.45, 2.75) is 46.0 Å². The van der Waals surface area contributed by atoms with Gasteiger partial charge in [-0.1, -0.05) is 39.0 Å². The average Bonchev–Trinajstić information content (AvgIpc) is 2.98. The first kappa shape index (κ1) is 19.0. The largest absolute Gasteiger partial charge is 0.416 e. The lowest BCUT2D eigenvalue weighted by molar-refractivity contribution is -0.138. The van der Waals surface area contributed by atoms with Crippen molar-refractivity contribution in [1.82, 2.24) is 14.9 Å². The van der Waals surface area contributed by atoms with Gasteiger partial charge in [0.15, 0.2) is 0 Å². The van der Waals surface area contributed by atoms with E-state index < -0.39 is 17.6 Å². The van der Waals surface area contributed by atoms with Crippen LogP contribution in [0.4, 0.5) is 13.2 Å². The van der Waals surface area contributed by atoms with Crippen LogP contribution >= 0.6 is 0 Å². The van der Waals surface area contributed by atoms with Gasteiger partial charge in [0.25, 0.3) is 0 Å². The molecule has 7 heteroatoms. The lowest BCUT2D eigenvalue weighted by atomic mass is 9.86. The third-order valence-corrected chi connectivity index (χ3v) is 4.01. The molecule has 0 saturated heterocycles. The first-order chi connectivity index (χ1) is 11.6. The molecule has 0 aliphatic rings. The van der Waals surface area contributed by atoms with Gasteiger partial charge in [-0.05, 0) is 17.0 Å². The number of alkyl halides is 3. The minimum Gasteiger partial charge on any atom is -0.351 e. The summed E-state index contributed by atoms with van der Waals surface area (Å²) in [4.78, 5) is 16.3. The van der Waals surface area contributed by atoms with E-state index in [9.17, 15) is 18.0 Å². The molecule has 0 bridgehead atoms. The van der Waals surface area contributed by atoms with Crippen LogP contribution < -0.4 is 5.32 Å². The van der Waals surface area contributed by atoms with Crippen molar-refractivity contribution in [3.8, 4) is 0 Å². The highest BCUT2D eigenvalue weighted by Gasteiger charge is 2.34. The quantitative estimate of drug-likeness (QED) is 0.891. The maximum atomic E-state index is 13.1. The number of amides is 1. The second-order valence-corrected chi connectivity index (χ2v) is 7.08. The molecule has 0 fully saturated rings. The molecule has 1 heterocycles. The molecule has 1 aromatic carbocycles. The van der Waals surface area contributed by atoms with Crippen molar-refractivity contribution in [3.05, 3.63) is 54.1 Å². The first-order valence-electron chi connectivity index (χ1n) is 7.97. The maximum absolute atomic E-state index is 13.1. The van der Waals surface area contributed by atoms with Crippen LogP contribution in [0.15, 0.2) is 43.0 Å². The Bertz CT molecular complexity index is 703. The van der Waals surface area contributed by atoms with E-state index in [1.165, 1.54) is 18.2 Å². The molecule has 0 aliphatic carbocycles. The first-order valence-corrected chi connectivity index (χ1v) is 7.97. The molecule has 1 unspecified atom stereocenters. The van der Waals surface area contributed by atoms with Crippen LogP contribution in [0.3, 0.4) is 0 Å². The van der Waals surface area contributed by atoms with Gasteiger partial charge in [0.2, 0.25) is 5.91 Å². The van der Waals surface area contributed by atoms with Crippen molar-refractivity contribution in [1.29, 1.82) is 0 Å². The fourth-order valence-electron chi connectivity index (χ4n) is 2.51. The van der Waals surface area contributed by atoms with Gasteiger partial charge in [-0.2, -0.15) is 13.2 Å². The summed E-state index contributed by atoms with van der Waals surface area (Å²) in [5.41, 5.74) is -1.06. The van der Waals surface area contributed by atoms with Crippen molar-refractivity contribution in [2.75, 3.05) is 0 Å². The van der Waals surface area contributed by atoms with Crippen molar-refractivity contribution >= 4 is 5.91 Å². The van der Waals surface area contributed by atoms with Crippen LogP contribution in [-0.2, 0) is 23.9 Å². The van der Waals surface area contributed by atoms with Crippen LogP contribution in [0.2, 0.25) is 0 Å². The van der Waals surface area contributed by atoms with Gasteiger partial charge in [-0.3, -0.25) is 4.79 Å². The second kappa shape index (κ2) is 7.29. The summed E-state index contributed by atoms with van der Waals surface area (Å²) in [6.45, 7) is 6.41. The van der Waals surface area contributed by atoms with Crippen LogP contribution in [0.5, 0.6) is 0 Å². The molecule has 2 aromatic rings. The highest BCUT2D eigenvalue weighted by Crippen LogP contribution is 2.32. The number of benzene rings is 1. The molecule has 0 radical (unpaired) electrons. The topological polar surface area (TPSA) is 46.9 Å². The molecular formula is C18H22F3N3O. The summed E-state index contributed by atoms with van der Waals surface area (Å²) >= 11 is 0. The molecule has 0 saturated carbocycles. The molecular weight excluding hydrogens is 331 g/mol. The van der Waals surface area contributed by atoms with E-state index in [4.69, 9.17) is 0 Å². The third kappa shape index (κ3) is 5.34. The van der Waals surface area contributed by atoms with E-state index in [1.807, 2.05) is 25.3 Å². The van der Waals surface area contributed by atoms with E-state index in [0.29, 0.717) is 6.54 Å². The number of carbonyl (C=O) groups excluding carboxylic acids is 1. The highest BCUT2D eigenvalue weighted by molar-refractivity contribution is 5.79. The Hall–Kier alpha value is -2.31. The van der Waals surface area contributed by atoms with Crippen LogP contribution in [0.1, 0.15) is 31.9 Å². The molecule has 1 N–H and O–H groups in total. The average molecular weight is 353 g/mol. The van der Waals surface area contributed by atoms with Crippen LogP contribution in [0.25, 0.3) is 0 Å². The van der Waals surface area contributed by atoms with E-state index >= 15 is 0 Å². The van der Waals surface area contributed by atoms with Crippen LogP contribution in [0, 0.1) is 5.41 Å². The molecule has 1 aromatic heterocycles. The van der Waals surface area contributed by atoms with Gasteiger partial charge in [-0.15, -0.1) is 0 Å². The lowest BCUT2D eigenvalue weighted by Gasteiger charge is -2.32. The minimum atomic E-state index is -4.48. The summed E-state index contributed by atoms with van der Waals surface area (Å²) in [5.74, 6) is -0.434. The van der Waals surface area contributed by atoms with E-state index in [2.05, 4.69) is 10.3 Å². The van der Waals surface area contributed by atoms with Gasteiger partial charge in [0, 0.05) is 18.9 Å². The van der Waals surface area contributed by atoms with Gasteiger partial charge >= 0.3 is 6.18 Å². The number of halogens is 3. The SMILES string of the molecule is CC(C)(C)C(Cn1ccnc1)NC(=O)Cc1ccccc1C(F)(F)F. The zero-order valence-corrected chi connectivity index (χ0v) is 14.5. The Morgan fingerprint density at radius 1 is 1.24 bits per heavy atom. The number of rotatable bonds is 5. The highest BCUT2D eigenvalue weighted by atomic mass is 19.4. The maximum Gasteiger partial charge on any atom is 0.416 e.